The van der Waals surface area contributed by atoms with Crippen LogP contribution < -0.4 is 0 Å². The van der Waals surface area contributed by atoms with Crippen molar-refractivity contribution in [3.8, 4) is 0 Å². The summed E-state index contributed by atoms with van der Waals surface area (Å²) in [4.78, 5) is 0.548. The summed E-state index contributed by atoms with van der Waals surface area (Å²) in [6, 6.07) is 9.15. The van der Waals surface area contributed by atoms with Crippen LogP contribution in [0.5, 0.6) is 0 Å². The van der Waals surface area contributed by atoms with Crippen molar-refractivity contribution in [3.63, 3.8) is 0 Å². The van der Waals surface area contributed by atoms with E-state index in [1.54, 1.807) is 0 Å². The van der Waals surface area contributed by atoms with Crippen LogP contribution in [0.4, 0.5) is 0 Å². The van der Waals surface area contributed by atoms with Gasteiger partial charge in [-0.2, -0.15) is 0 Å². The van der Waals surface area contributed by atoms with Crippen molar-refractivity contribution in [1.29, 1.82) is 0 Å². The molecule has 0 amide bonds. The first kappa shape index (κ1) is 14.1. The Kier molecular flexibility index (Phi) is 5.75. The van der Waals surface area contributed by atoms with E-state index < -0.39 is 0 Å². The summed E-state index contributed by atoms with van der Waals surface area (Å²) in [5, 5.41) is 0. The SMILES string of the molecule is CCc1ccc(C(Br)CC2CCCCCC2)cc1. The molecule has 0 nitrogen and oxygen atoms in total. The summed E-state index contributed by atoms with van der Waals surface area (Å²) in [5.41, 5.74) is 2.89. The van der Waals surface area contributed by atoms with Gasteiger partial charge in [-0.05, 0) is 29.9 Å². The van der Waals surface area contributed by atoms with Crippen molar-refractivity contribution in [2.75, 3.05) is 0 Å². The number of halogens is 1. The maximum absolute atomic E-state index is 3.89. The highest BCUT2D eigenvalue weighted by Crippen LogP contribution is 2.35. The minimum Gasteiger partial charge on any atom is -0.0839 e. The van der Waals surface area contributed by atoms with E-state index in [9.17, 15) is 0 Å². The lowest BCUT2D eigenvalue weighted by atomic mass is 9.92. The van der Waals surface area contributed by atoms with Gasteiger partial charge in [0.25, 0.3) is 0 Å². The Bertz CT molecular complexity index is 333. The van der Waals surface area contributed by atoms with Crippen LogP contribution in [0, 0.1) is 5.92 Å². The van der Waals surface area contributed by atoms with Gasteiger partial charge in [0.15, 0.2) is 0 Å². The largest absolute Gasteiger partial charge is 0.0839 e. The van der Waals surface area contributed by atoms with Gasteiger partial charge in [-0.3, -0.25) is 0 Å². The Morgan fingerprint density at radius 3 is 2.22 bits per heavy atom. The number of benzene rings is 1. The standard InChI is InChI=1S/C17H25Br/c1-2-14-9-11-16(12-10-14)17(18)13-15-7-5-3-4-6-8-15/h9-12,15,17H,2-8,13H2,1H3. The number of alkyl halides is 1. The van der Waals surface area contributed by atoms with Crippen LogP contribution in [0.15, 0.2) is 24.3 Å². The number of hydrogen-bond acceptors (Lipinski definition) is 0. The zero-order chi connectivity index (χ0) is 12.8. The Labute approximate surface area is 120 Å². The maximum atomic E-state index is 3.89. The van der Waals surface area contributed by atoms with Gasteiger partial charge >= 0.3 is 0 Å². The topological polar surface area (TPSA) is 0 Å². The number of rotatable bonds is 4. The van der Waals surface area contributed by atoms with E-state index in [4.69, 9.17) is 0 Å². The zero-order valence-electron chi connectivity index (χ0n) is 11.5. The van der Waals surface area contributed by atoms with Crippen LogP contribution in [0.2, 0.25) is 0 Å². The highest BCUT2D eigenvalue weighted by atomic mass is 79.9. The molecule has 0 spiro atoms. The molecule has 1 aliphatic carbocycles. The second kappa shape index (κ2) is 7.33. The fourth-order valence-electron chi connectivity index (χ4n) is 2.99. The third-order valence-electron chi connectivity index (χ3n) is 4.26. The molecular weight excluding hydrogens is 284 g/mol. The molecule has 2 rings (SSSR count). The monoisotopic (exact) mass is 308 g/mol. The highest BCUT2D eigenvalue weighted by molar-refractivity contribution is 9.09. The van der Waals surface area contributed by atoms with Gasteiger partial charge in [0, 0.05) is 4.83 Å². The molecule has 0 N–H and O–H groups in total. The van der Waals surface area contributed by atoms with E-state index in [-0.39, 0.29) is 0 Å². The van der Waals surface area contributed by atoms with E-state index in [0.717, 1.165) is 12.3 Å². The van der Waals surface area contributed by atoms with E-state index in [1.807, 2.05) is 0 Å². The summed E-state index contributed by atoms with van der Waals surface area (Å²) in [7, 11) is 0. The Hall–Kier alpha value is -0.300. The molecule has 1 saturated carbocycles. The van der Waals surface area contributed by atoms with Crippen LogP contribution in [0.25, 0.3) is 0 Å². The smallest absolute Gasteiger partial charge is 0.0397 e. The molecule has 1 aromatic rings. The lowest BCUT2D eigenvalue weighted by Crippen LogP contribution is -2.03. The predicted molar refractivity (Wildman–Crippen MR) is 83.3 cm³/mol. The summed E-state index contributed by atoms with van der Waals surface area (Å²) in [6.45, 7) is 2.21. The van der Waals surface area contributed by atoms with E-state index in [1.165, 1.54) is 56.1 Å². The predicted octanol–water partition coefficient (Wildman–Crippen LogP) is 6.05. The third kappa shape index (κ3) is 4.12. The Morgan fingerprint density at radius 1 is 1.06 bits per heavy atom. The first-order valence-electron chi connectivity index (χ1n) is 7.52. The first-order chi connectivity index (χ1) is 8.79. The highest BCUT2D eigenvalue weighted by Gasteiger charge is 2.17. The molecule has 1 unspecified atom stereocenters. The summed E-state index contributed by atoms with van der Waals surface area (Å²) < 4.78 is 0. The van der Waals surface area contributed by atoms with Gasteiger partial charge in [0.1, 0.15) is 0 Å². The molecule has 0 radical (unpaired) electrons. The number of hydrogen-bond donors (Lipinski definition) is 0. The van der Waals surface area contributed by atoms with E-state index in [2.05, 4.69) is 47.1 Å². The normalized spacial score (nSPS) is 19.4. The second-order valence-corrected chi connectivity index (χ2v) is 6.76. The van der Waals surface area contributed by atoms with Crippen LogP contribution in [-0.2, 0) is 6.42 Å². The van der Waals surface area contributed by atoms with Crippen LogP contribution in [0.3, 0.4) is 0 Å². The number of aryl methyl sites for hydroxylation is 1. The molecule has 1 heteroatoms. The average molecular weight is 309 g/mol. The summed E-state index contributed by atoms with van der Waals surface area (Å²) >= 11 is 3.89. The quantitative estimate of drug-likeness (QED) is 0.469. The van der Waals surface area contributed by atoms with Crippen LogP contribution >= 0.6 is 15.9 Å². The zero-order valence-corrected chi connectivity index (χ0v) is 13.1. The van der Waals surface area contributed by atoms with E-state index in [0.29, 0.717) is 4.83 Å². The molecule has 1 fully saturated rings. The Morgan fingerprint density at radius 2 is 1.67 bits per heavy atom. The van der Waals surface area contributed by atoms with Crippen molar-refractivity contribution in [1.82, 2.24) is 0 Å². The third-order valence-corrected chi connectivity index (χ3v) is 5.17. The van der Waals surface area contributed by atoms with Gasteiger partial charge in [-0.15, -0.1) is 0 Å². The maximum Gasteiger partial charge on any atom is 0.0397 e. The van der Waals surface area contributed by atoms with Crippen molar-refractivity contribution in [2.45, 2.75) is 63.1 Å². The van der Waals surface area contributed by atoms with Crippen molar-refractivity contribution in [3.05, 3.63) is 35.4 Å². The molecule has 0 saturated heterocycles. The van der Waals surface area contributed by atoms with Crippen LogP contribution in [0.1, 0.15) is 67.8 Å². The molecule has 0 heterocycles. The minimum absolute atomic E-state index is 0.548. The second-order valence-electron chi connectivity index (χ2n) is 5.66. The lowest BCUT2D eigenvalue weighted by Gasteiger charge is -2.18. The van der Waals surface area contributed by atoms with Gasteiger partial charge in [-0.25, -0.2) is 0 Å². The first-order valence-corrected chi connectivity index (χ1v) is 8.44. The van der Waals surface area contributed by atoms with Crippen molar-refractivity contribution < 1.29 is 0 Å². The van der Waals surface area contributed by atoms with Gasteiger partial charge < -0.3 is 0 Å². The summed E-state index contributed by atoms with van der Waals surface area (Å²) in [5.74, 6) is 0.933. The van der Waals surface area contributed by atoms with Gasteiger partial charge in [0.2, 0.25) is 0 Å². The fourth-order valence-corrected chi connectivity index (χ4v) is 3.82. The minimum atomic E-state index is 0.548. The van der Waals surface area contributed by atoms with E-state index >= 15 is 0 Å². The molecule has 0 aliphatic heterocycles. The van der Waals surface area contributed by atoms with Crippen LogP contribution in [-0.4, -0.2) is 0 Å². The molecule has 100 valence electrons. The summed E-state index contributed by atoms with van der Waals surface area (Å²) in [6.07, 6.45) is 11.1. The molecule has 18 heavy (non-hydrogen) atoms. The van der Waals surface area contributed by atoms with Gasteiger partial charge in [-0.1, -0.05) is 85.6 Å². The van der Waals surface area contributed by atoms with Gasteiger partial charge in [0.05, 0.1) is 0 Å². The van der Waals surface area contributed by atoms with Crippen molar-refractivity contribution >= 4 is 15.9 Å². The molecule has 0 aromatic heterocycles. The lowest BCUT2D eigenvalue weighted by molar-refractivity contribution is 0.427. The van der Waals surface area contributed by atoms with Crippen molar-refractivity contribution in [2.24, 2.45) is 5.92 Å². The fraction of sp³-hybridized carbons (Fsp3) is 0.647. The molecular formula is C17H25Br. The molecule has 0 bridgehead atoms. The molecule has 1 aromatic carbocycles. The Balaban J connectivity index is 1.90. The molecule has 1 atom stereocenters. The molecule has 1 aliphatic rings. The average Bonchev–Trinajstić information content (AvgIpc) is 2.67.